The number of hydrogen-bond donors (Lipinski definition) is 1. The zero-order chi connectivity index (χ0) is 14.1. The zero-order valence-electron chi connectivity index (χ0n) is 11.4. The van der Waals surface area contributed by atoms with Gasteiger partial charge >= 0.3 is 0 Å². The van der Waals surface area contributed by atoms with E-state index in [9.17, 15) is 5.11 Å². The van der Waals surface area contributed by atoms with Crippen LogP contribution in [0.4, 0.5) is 5.69 Å². The molecule has 0 bridgehead atoms. The smallest absolute Gasteiger partial charge is 0.161 e. The van der Waals surface area contributed by atoms with Crippen molar-refractivity contribution in [1.29, 1.82) is 5.26 Å². The van der Waals surface area contributed by atoms with Crippen LogP contribution >= 0.6 is 0 Å². The molecule has 0 unspecified atom stereocenters. The first-order chi connectivity index (χ1) is 8.58. The molecule has 0 saturated carbocycles. The highest BCUT2D eigenvalue weighted by Gasteiger charge is 2.08. The van der Waals surface area contributed by atoms with Crippen molar-refractivity contribution in [3.8, 4) is 17.6 Å². The van der Waals surface area contributed by atoms with Crippen molar-refractivity contribution in [3.63, 3.8) is 0 Å². The number of ether oxygens (including phenoxy) is 1. The summed E-state index contributed by atoms with van der Waals surface area (Å²) < 4.78 is 4.90. The van der Waals surface area contributed by atoms with Gasteiger partial charge in [0.15, 0.2) is 11.5 Å². The summed E-state index contributed by atoms with van der Waals surface area (Å²) in [6.07, 6.45) is 1.56. The standard InChI is InChI=1S/C11H13N3O2.C2H6/c1-14(2)7-13-9-5-10(15)11(16-3)4-8(9)6-12;1-2/h4-5,7,15H,1-3H3;1-2H3. The Hall–Kier alpha value is -2.22. The van der Waals surface area contributed by atoms with E-state index in [1.807, 2.05) is 34.0 Å². The summed E-state index contributed by atoms with van der Waals surface area (Å²) in [7, 11) is 5.07. The molecular formula is C13H19N3O2. The van der Waals surface area contributed by atoms with E-state index < -0.39 is 0 Å². The number of aliphatic imine (C=N–C) groups is 1. The van der Waals surface area contributed by atoms with Gasteiger partial charge in [0.25, 0.3) is 0 Å². The molecule has 0 spiro atoms. The summed E-state index contributed by atoms with van der Waals surface area (Å²) in [5.41, 5.74) is 0.766. The largest absolute Gasteiger partial charge is 0.504 e. The first-order valence-electron chi connectivity index (χ1n) is 5.60. The van der Waals surface area contributed by atoms with Gasteiger partial charge in [0.05, 0.1) is 24.7 Å². The molecule has 0 atom stereocenters. The maximum absolute atomic E-state index is 9.55. The van der Waals surface area contributed by atoms with Crippen molar-refractivity contribution in [1.82, 2.24) is 4.90 Å². The third-order valence-corrected chi connectivity index (χ3v) is 1.85. The minimum absolute atomic E-state index is 0.0348. The first kappa shape index (κ1) is 15.8. The summed E-state index contributed by atoms with van der Waals surface area (Å²) in [4.78, 5) is 5.81. The van der Waals surface area contributed by atoms with Crippen LogP contribution in [0, 0.1) is 11.3 Å². The Morgan fingerprint density at radius 1 is 1.39 bits per heavy atom. The molecule has 0 amide bonds. The predicted molar refractivity (Wildman–Crippen MR) is 72.6 cm³/mol. The molecule has 1 aromatic rings. The average Bonchev–Trinajstić information content (AvgIpc) is 2.38. The molecule has 1 N–H and O–H groups in total. The van der Waals surface area contributed by atoms with Crippen molar-refractivity contribution in [2.45, 2.75) is 13.8 Å². The zero-order valence-corrected chi connectivity index (χ0v) is 11.4. The fraction of sp³-hybridized carbons (Fsp3) is 0.385. The Balaban J connectivity index is 0.00000137. The predicted octanol–water partition coefficient (Wildman–Crippen LogP) is 2.52. The van der Waals surface area contributed by atoms with Crippen LogP contribution in [-0.4, -0.2) is 37.6 Å². The van der Waals surface area contributed by atoms with Gasteiger partial charge in [-0.15, -0.1) is 0 Å². The van der Waals surface area contributed by atoms with E-state index in [1.54, 1.807) is 11.2 Å². The Labute approximate surface area is 108 Å². The van der Waals surface area contributed by atoms with E-state index in [0.717, 1.165) is 0 Å². The summed E-state index contributed by atoms with van der Waals surface area (Å²) in [5, 5.41) is 18.5. The third-order valence-electron chi connectivity index (χ3n) is 1.85. The second kappa shape index (κ2) is 7.96. The van der Waals surface area contributed by atoms with E-state index in [-0.39, 0.29) is 11.5 Å². The summed E-state index contributed by atoms with van der Waals surface area (Å²) in [5.74, 6) is 0.229. The monoisotopic (exact) mass is 249 g/mol. The number of rotatable bonds is 3. The van der Waals surface area contributed by atoms with Crippen molar-refractivity contribution in [3.05, 3.63) is 17.7 Å². The SMILES string of the molecule is CC.COc1cc(C#N)c(N=CN(C)C)cc1O. The molecule has 0 aliphatic carbocycles. The highest BCUT2D eigenvalue weighted by molar-refractivity contribution is 5.68. The van der Waals surface area contributed by atoms with Crippen LogP contribution < -0.4 is 4.74 Å². The van der Waals surface area contributed by atoms with Gasteiger partial charge in [-0.3, -0.25) is 0 Å². The Morgan fingerprint density at radius 3 is 2.44 bits per heavy atom. The van der Waals surface area contributed by atoms with Crippen LogP contribution in [-0.2, 0) is 0 Å². The number of nitriles is 1. The van der Waals surface area contributed by atoms with Crippen LogP contribution in [0.3, 0.4) is 0 Å². The third kappa shape index (κ3) is 4.34. The Morgan fingerprint density at radius 2 is 2.00 bits per heavy atom. The number of hydrogen-bond acceptors (Lipinski definition) is 4. The van der Waals surface area contributed by atoms with Crippen molar-refractivity contribution in [2.75, 3.05) is 21.2 Å². The van der Waals surface area contributed by atoms with Gasteiger partial charge in [-0.1, -0.05) is 13.8 Å². The van der Waals surface area contributed by atoms with E-state index in [2.05, 4.69) is 4.99 Å². The number of nitrogens with zero attached hydrogens (tertiary/aromatic N) is 3. The maximum atomic E-state index is 9.55. The summed E-state index contributed by atoms with van der Waals surface area (Å²) in [6.45, 7) is 4.00. The van der Waals surface area contributed by atoms with Gasteiger partial charge in [0, 0.05) is 26.2 Å². The van der Waals surface area contributed by atoms with Gasteiger partial charge in [-0.05, 0) is 0 Å². The highest BCUT2D eigenvalue weighted by atomic mass is 16.5. The number of benzene rings is 1. The second-order valence-electron chi connectivity index (χ2n) is 3.36. The van der Waals surface area contributed by atoms with E-state index in [1.165, 1.54) is 19.2 Å². The molecule has 18 heavy (non-hydrogen) atoms. The minimum atomic E-state index is -0.0348. The maximum Gasteiger partial charge on any atom is 0.161 e. The molecule has 0 aliphatic rings. The highest BCUT2D eigenvalue weighted by Crippen LogP contribution is 2.33. The van der Waals surface area contributed by atoms with Gasteiger partial charge in [-0.25, -0.2) is 4.99 Å². The lowest BCUT2D eigenvalue weighted by molar-refractivity contribution is 0.373. The van der Waals surface area contributed by atoms with Gasteiger partial charge in [0.1, 0.15) is 6.07 Å². The van der Waals surface area contributed by atoms with Crippen LogP contribution in [0.2, 0.25) is 0 Å². The molecule has 0 saturated heterocycles. The van der Waals surface area contributed by atoms with Crippen molar-refractivity contribution >= 4 is 12.0 Å². The molecule has 0 aliphatic heterocycles. The topological polar surface area (TPSA) is 68.8 Å². The van der Waals surface area contributed by atoms with Crippen LogP contribution in [0.25, 0.3) is 0 Å². The van der Waals surface area contributed by atoms with Crippen molar-refractivity contribution in [2.24, 2.45) is 4.99 Å². The average molecular weight is 249 g/mol. The minimum Gasteiger partial charge on any atom is -0.504 e. The lowest BCUT2D eigenvalue weighted by Crippen LogP contribution is -2.07. The molecule has 1 aromatic carbocycles. The van der Waals surface area contributed by atoms with E-state index in [4.69, 9.17) is 10.00 Å². The molecule has 0 heterocycles. The normalized spacial score (nSPS) is 9.33. The quantitative estimate of drug-likeness (QED) is 0.660. The molecular weight excluding hydrogens is 230 g/mol. The fourth-order valence-electron chi connectivity index (χ4n) is 1.09. The lowest BCUT2D eigenvalue weighted by atomic mass is 10.2. The van der Waals surface area contributed by atoms with Crippen LogP contribution in [0.5, 0.6) is 11.5 Å². The molecule has 0 aromatic heterocycles. The molecule has 5 heteroatoms. The van der Waals surface area contributed by atoms with Gasteiger partial charge < -0.3 is 14.7 Å². The van der Waals surface area contributed by atoms with E-state index >= 15 is 0 Å². The van der Waals surface area contributed by atoms with E-state index in [0.29, 0.717) is 11.3 Å². The van der Waals surface area contributed by atoms with Gasteiger partial charge in [0.2, 0.25) is 0 Å². The molecule has 5 nitrogen and oxygen atoms in total. The molecule has 98 valence electrons. The molecule has 1 rings (SSSR count). The first-order valence-corrected chi connectivity index (χ1v) is 5.60. The lowest BCUT2D eigenvalue weighted by Gasteiger charge is -2.07. The number of phenolic OH excluding ortho intramolecular Hbond substituents is 1. The van der Waals surface area contributed by atoms with Crippen LogP contribution in [0.1, 0.15) is 19.4 Å². The molecule has 0 radical (unpaired) electrons. The fourth-order valence-corrected chi connectivity index (χ4v) is 1.09. The van der Waals surface area contributed by atoms with Crippen LogP contribution in [0.15, 0.2) is 17.1 Å². The number of phenols is 1. The number of methoxy groups -OCH3 is 1. The van der Waals surface area contributed by atoms with Crippen molar-refractivity contribution < 1.29 is 9.84 Å². The second-order valence-corrected chi connectivity index (χ2v) is 3.36. The number of aromatic hydroxyl groups is 1. The molecule has 0 fully saturated rings. The van der Waals surface area contributed by atoms with Gasteiger partial charge in [-0.2, -0.15) is 5.26 Å². The Kier molecular flexibility index (Phi) is 6.98. The summed E-state index contributed by atoms with van der Waals surface area (Å²) >= 11 is 0. The Bertz CT molecular complexity index is 448. The summed E-state index contributed by atoms with van der Waals surface area (Å²) in [6, 6.07) is 4.85.